The third-order valence-corrected chi connectivity index (χ3v) is 4.33. The zero-order chi connectivity index (χ0) is 18.2. The fourth-order valence-corrected chi connectivity index (χ4v) is 2.91. The number of halogens is 5. The van der Waals surface area contributed by atoms with Gasteiger partial charge >= 0.3 is 12.1 Å². The molecule has 0 N–H and O–H groups in total. The number of alkyl halides is 3. The van der Waals surface area contributed by atoms with Crippen molar-refractivity contribution in [2.45, 2.75) is 24.9 Å². The fourth-order valence-electron chi connectivity index (χ4n) is 2.68. The molecule has 1 amide bonds. The Labute approximate surface area is 144 Å². The summed E-state index contributed by atoms with van der Waals surface area (Å²) in [7, 11) is 0. The van der Waals surface area contributed by atoms with Gasteiger partial charge in [0.1, 0.15) is 5.82 Å². The molecule has 1 aliphatic heterocycles. The topological polar surface area (TPSA) is 59.2 Å². The Morgan fingerprint density at radius 2 is 2.16 bits per heavy atom. The average Bonchev–Trinajstić information content (AvgIpc) is 3.18. The number of carbonyl (C=O) groups excluding carboxylic acids is 1. The Hall–Kier alpha value is -2.16. The Bertz CT molecular complexity index is 773. The maximum Gasteiger partial charge on any atom is 0.471 e. The van der Waals surface area contributed by atoms with E-state index >= 15 is 0 Å². The standard InChI is InChI=1S/C15H12ClF4N3O2/c16-10-2-1-3-11(17)9(10)6-12(24)23-5-4-8(7-23)13-21-14(25-22-13)15(18,19)20/h1-3,8H,4-7H2/t8-/m1/s1. The molecule has 0 saturated carbocycles. The quantitative estimate of drug-likeness (QED) is 0.769. The molecule has 134 valence electrons. The van der Waals surface area contributed by atoms with Gasteiger partial charge in [-0.25, -0.2) is 4.39 Å². The van der Waals surface area contributed by atoms with Crippen LogP contribution in [0.15, 0.2) is 22.7 Å². The first-order valence-electron chi connectivity index (χ1n) is 7.37. The van der Waals surface area contributed by atoms with Gasteiger partial charge in [-0.2, -0.15) is 18.2 Å². The Morgan fingerprint density at radius 3 is 2.80 bits per heavy atom. The molecule has 1 saturated heterocycles. The van der Waals surface area contributed by atoms with Gasteiger partial charge in [-0.3, -0.25) is 4.79 Å². The minimum absolute atomic E-state index is 0.0912. The van der Waals surface area contributed by atoms with Crippen LogP contribution in [-0.2, 0) is 17.4 Å². The number of hydrogen-bond donors (Lipinski definition) is 0. The van der Waals surface area contributed by atoms with E-state index in [4.69, 9.17) is 11.6 Å². The van der Waals surface area contributed by atoms with E-state index < -0.39 is 23.8 Å². The summed E-state index contributed by atoms with van der Waals surface area (Å²) in [5.41, 5.74) is 0.0940. The summed E-state index contributed by atoms with van der Waals surface area (Å²) in [5.74, 6) is -2.91. The largest absolute Gasteiger partial charge is 0.471 e. The van der Waals surface area contributed by atoms with Crippen molar-refractivity contribution >= 4 is 17.5 Å². The second-order valence-corrected chi connectivity index (χ2v) is 6.07. The first kappa shape index (κ1) is 17.7. The van der Waals surface area contributed by atoms with Crippen LogP contribution in [0, 0.1) is 5.82 Å². The minimum Gasteiger partial charge on any atom is -0.342 e. The zero-order valence-corrected chi connectivity index (χ0v) is 13.4. The van der Waals surface area contributed by atoms with Crippen molar-refractivity contribution in [2.75, 3.05) is 13.1 Å². The summed E-state index contributed by atoms with van der Waals surface area (Å²) in [6.07, 6.45) is -4.53. The number of likely N-dealkylation sites (tertiary alicyclic amines) is 1. The van der Waals surface area contributed by atoms with Crippen molar-refractivity contribution in [1.82, 2.24) is 15.0 Å². The number of benzene rings is 1. The van der Waals surface area contributed by atoms with E-state index in [1.54, 1.807) is 0 Å². The number of carbonyl (C=O) groups is 1. The van der Waals surface area contributed by atoms with Gasteiger partial charge in [-0.15, -0.1) is 0 Å². The van der Waals surface area contributed by atoms with Crippen molar-refractivity contribution in [3.63, 3.8) is 0 Å². The molecule has 10 heteroatoms. The predicted octanol–water partition coefficient (Wildman–Crippen LogP) is 3.44. The van der Waals surface area contributed by atoms with Gasteiger partial charge in [0.05, 0.1) is 6.42 Å². The van der Waals surface area contributed by atoms with E-state index in [1.165, 1.54) is 23.1 Å². The van der Waals surface area contributed by atoms with Gasteiger partial charge in [-0.05, 0) is 18.6 Å². The molecule has 5 nitrogen and oxygen atoms in total. The maximum absolute atomic E-state index is 13.8. The lowest BCUT2D eigenvalue weighted by Gasteiger charge is -2.16. The van der Waals surface area contributed by atoms with Gasteiger partial charge in [0, 0.05) is 29.6 Å². The van der Waals surface area contributed by atoms with E-state index in [1.807, 2.05) is 0 Å². The normalized spacial score (nSPS) is 18.0. The van der Waals surface area contributed by atoms with Crippen molar-refractivity contribution in [2.24, 2.45) is 0 Å². The fraction of sp³-hybridized carbons (Fsp3) is 0.400. The zero-order valence-electron chi connectivity index (χ0n) is 12.7. The summed E-state index contributed by atoms with van der Waals surface area (Å²) in [6.45, 7) is 0.452. The second-order valence-electron chi connectivity index (χ2n) is 5.66. The lowest BCUT2D eigenvalue weighted by atomic mass is 10.1. The van der Waals surface area contributed by atoms with Crippen molar-refractivity contribution in [3.05, 3.63) is 46.3 Å². The van der Waals surface area contributed by atoms with E-state index in [2.05, 4.69) is 14.7 Å². The lowest BCUT2D eigenvalue weighted by Crippen LogP contribution is -2.30. The third kappa shape index (κ3) is 3.76. The number of aromatic nitrogens is 2. The van der Waals surface area contributed by atoms with Gasteiger partial charge < -0.3 is 9.42 Å². The SMILES string of the molecule is O=C(Cc1c(F)cccc1Cl)N1CC[C@@H](c2noc(C(F)(F)F)n2)C1. The summed E-state index contributed by atoms with van der Waals surface area (Å²) < 4.78 is 55.5. The lowest BCUT2D eigenvalue weighted by molar-refractivity contribution is -0.159. The monoisotopic (exact) mass is 377 g/mol. The number of hydrogen-bond acceptors (Lipinski definition) is 4. The van der Waals surface area contributed by atoms with Crippen LogP contribution in [-0.4, -0.2) is 34.0 Å². The highest BCUT2D eigenvalue weighted by atomic mass is 35.5. The highest BCUT2D eigenvalue weighted by molar-refractivity contribution is 6.31. The number of nitrogens with zero attached hydrogens (tertiary/aromatic N) is 3. The first-order valence-corrected chi connectivity index (χ1v) is 7.75. The minimum atomic E-state index is -4.71. The average molecular weight is 378 g/mol. The molecule has 3 rings (SSSR count). The molecule has 25 heavy (non-hydrogen) atoms. The van der Waals surface area contributed by atoms with Crippen LogP contribution in [0.1, 0.15) is 29.6 Å². The molecule has 2 heterocycles. The highest BCUT2D eigenvalue weighted by Crippen LogP contribution is 2.31. The molecule has 1 fully saturated rings. The van der Waals surface area contributed by atoms with E-state index in [9.17, 15) is 22.4 Å². The van der Waals surface area contributed by atoms with Gasteiger partial charge in [-0.1, -0.05) is 22.8 Å². The second kappa shape index (κ2) is 6.62. The summed E-state index contributed by atoms with van der Waals surface area (Å²) in [5, 5.41) is 3.50. The van der Waals surface area contributed by atoms with Crippen LogP contribution in [0.2, 0.25) is 5.02 Å². The van der Waals surface area contributed by atoms with Crippen LogP contribution in [0.4, 0.5) is 17.6 Å². The molecule has 1 aliphatic rings. The molecular weight excluding hydrogens is 366 g/mol. The molecule has 0 spiro atoms. The molecule has 0 radical (unpaired) electrons. The Kier molecular flexibility index (Phi) is 4.68. The molecule has 1 aromatic carbocycles. The molecule has 2 aromatic rings. The molecule has 1 aromatic heterocycles. The first-order chi connectivity index (χ1) is 11.8. The smallest absolute Gasteiger partial charge is 0.342 e. The van der Waals surface area contributed by atoms with E-state index in [-0.39, 0.29) is 35.3 Å². The summed E-state index contributed by atoms with van der Waals surface area (Å²) in [6, 6.07) is 4.13. The summed E-state index contributed by atoms with van der Waals surface area (Å²) in [4.78, 5) is 17.1. The van der Waals surface area contributed by atoms with Crippen molar-refractivity contribution < 1.29 is 26.9 Å². The maximum atomic E-state index is 13.8. The Balaban J connectivity index is 1.66. The van der Waals surface area contributed by atoms with Crippen LogP contribution < -0.4 is 0 Å². The highest BCUT2D eigenvalue weighted by Gasteiger charge is 2.40. The third-order valence-electron chi connectivity index (χ3n) is 3.98. The molecule has 0 bridgehead atoms. The molecular formula is C15H12ClF4N3O2. The van der Waals surface area contributed by atoms with Gasteiger partial charge in [0.2, 0.25) is 5.91 Å². The van der Waals surface area contributed by atoms with Crippen LogP contribution in [0.5, 0.6) is 0 Å². The van der Waals surface area contributed by atoms with Crippen LogP contribution in [0.25, 0.3) is 0 Å². The van der Waals surface area contributed by atoms with Crippen molar-refractivity contribution in [1.29, 1.82) is 0 Å². The van der Waals surface area contributed by atoms with E-state index in [0.717, 1.165) is 0 Å². The molecule has 0 unspecified atom stereocenters. The molecule has 0 aliphatic carbocycles. The number of rotatable bonds is 3. The van der Waals surface area contributed by atoms with Crippen LogP contribution >= 0.6 is 11.6 Å². The Morgan fingerprint density at radius 1 is 1.40 bits per heavy atom. The summed E-state index contributed by atoms with van der Waals surface area (Å²) >= 11 is 5.90. The van der Waals surface area contributed by atoms with Crippen molar-refractivity contribution in [3.8, 4) is 0 Å². The van der Waals surface area contributed by atoms with Crippen LogP contribution in [0.3, 0.4) is 0 Å². The molecule has 1 atom stereocenters. The van der Waals surface area contributed by atoms with E-state index in [0.29, 0.717) is 13.0 Å². The predicted molar refractivity (Wildman–Crippen MR) is 78.4 cm³/mol. The van der Waals surface area contributed by atoms with Gasteiger partial charge in [0.15, 0.2) is 5.82 Å². The van der Waals surface area contributed by atoms with Gasteiger partial charge in [0.25, 0.3) is 0 Å². The number of amides is 1.